The third-order valence-electron chi connectivity index (χ3n) is 3.29. The Labute approximate surface area is 125 Å². The van der Waals surface area contributed by atoms with Gasteiger partial charge in [0.25, 0.3) is 0 Å². The molecule has 1 heterocycles. The zero-order valence-electron chi connectivity index (χ0n) is 10.9. The van der Waals surface area contributed by atoms with Gasteiger partial charge in [0.1, 0.15) is 16.5 Å². The second-order valence-corrected chi connectivity index (χ2v) is 7.35. The van der Waals surface area contributed by atoms with Crippen LogP contribution in [0.25, 0.3) is 0 Å². The minimum Gasteiger partial charge on any atom is -0.318 e. The lowest BCUT2D eigenvalue weighted by Gasteiger charge is -2.24. The molecule has 0 aromatic heterocycles. The van der Waals surface area contributed by atoms with Crippen LogP contribution in [-0.2, 0) is 10.0 Å². The summed E-state index contributed by atoms with van der Waals surface area (Å²) >= 11 is 2.94. The third-order valence-corrected chi connectivity index (χ3v) is 6.21. The smallest absolute Gasteiger partial charge is 0.247 e. The van der Waals surface area contributed by atoms with Gasteiger partial charge in [0.2, 0.25) is 10.0 Å². The third kappa shape index (κ3) is 2.88. The van der Waals surface area contributed by atoms with Gasteiger partial charge in [0.15, 0.2) is 0 Å². The number of hydrogen-bond acceptors (Lipinski definition) is 3. The molecule has 0 spiro atoms. The molecule has 20 heavy (non-hydrogen) atoms. The van der Waals surface area contributed by atoms with Crippen molar-refractivity contribution in [2.75, 3.05) is 20.1 Å². The first-order chi connectivity index (χ1) is 9.37. The predicted molar refractivity (Wildman–Crippen MR) is 74.9 cm³/mol. The summed E-state index contributed by atoms with van der Waals surface area (Å²) in [7, 11) is -2.25. The highest BCUT2D eigenvalue weighted by atomic mass is 79.9. The van der Waals surface area contributed by atoms with Gasteiger partial charge in [-0.25, -0.2) is 17.2 Å². The van der Waals surface area contributed by atoms with Crippen molar-refractivity contribution >= 4 is 26.0 Å². The van der Waals surface area contributed by atoms with Crippen LogP contribution in [0.15, 0.2) is 21.5 Å². The summed E-state index contributed by atoms with van der Waals surface area (Å²) in [5.41, 5.74) is 0. The maximum absolute atomic E-state index is 13.9. The molecule has 8 heteroatoms. The van der Waals surface area contributed by atoms with Gasteiger partial charge in [-0.05, 0) is 41.9 Å². The van der Waals surface area contributed by atoms with E-state index in [9.17, 15) is 17.2 Å². The van der Waals surface area contributed by atoms with E-state index in [2.05, 4.69) is 21.2 Å². The van der Waals surface area contributed by atoms with Gasteiger partial charge in [0.05, 0.1) is 0 Å². The maximum atomic E-state index is 13.9. The Morgan fingerprint density at radius 2 is 2.15 bits per heavy atom. The Balaban J connectivity index is 2.45. The standard InChI is InChI=1S/C12H15BrF2N2O2S/c1-16-7-9-3-2-4-17(9)20(18,19)12-10(13)5-8(14)6-11(12)15/h5-6,9,16H,2-4,7H2,1H3. The van der Waals surface area contributed by atoms with Crippen LogP contribution < -0.4 is 5.32 Å². The van der Waals surface area contributed by atoms with Crippen LogP contribution in [0.5, 0.6) is 0 Å². The SMILES string of the molecule is CNCC1CCCN1S(=O)(=O)c1c(F)cc(F)cc1Br. The average Bonchev–Trinajstić information content (AvgIpc) is 2.76. The van der Waals surface area contributed by atoms with Gasteiger partial charge < -0.3 is 5.32 Å². The zero-order chi connectivity index (χ0) is 14.9. The van der Waals surface area contributed by atoms with E-state index in [1.165, 1.54) is 4.31 Å². The van der Waals surface area contributed by atoms with Crippen molar-refractivity contribution in [1.29, 1.82) is 0 Å². The molecule has 1 unspecified atom stereocenters. The number of hydrogen-bond donors (Lipinski definition) is 1. The molecule has 1 atom stereocenters. The highest BCUT2D eigenvalue weighted by Crippen LogP contribution is 2.32. The van der Waals surface area contributed by atoms with Gasteiger partial charge in [0, 0.05) is 29.7 Å². The van der Waals surface area contributed by atoms with E-state index in [0.717, 1.165) is 18.9 Å². The lowest BCUT2D eigenvalue weighted by Crippen LogP contribution is -2.41. The Hall–Kier alpha value is -0.570. The van der Waals surface area contributed by atoms with Gasteiger partial charge in [-0.2, -0.15) is 4.31 Å². The monoisotopic (exact) mass is 368 g/mol. The highest BCUT2D eigenvalue weighted by Gasteiger charge is 2.37. The second-order valence-electron chi connectivity index (χ2n) is 4.67. The first-order valence-electron chi connectivity index (χ1n) is 6.19. The summed E-state index contributed by atoms with van der Waals surface area (Å²) in [5, 5.41) is 2.93. The minimum atomic E-state index is -3.98. The van der Waals surface area contributed by atoms with Crippen LogP contribution in [0.2, 0.25) is 0 Å². The Morgan fingerprint density at radius 1 is 1.45 bits per heavy atom. The maximum Gasteiger partial charge on any atom is 0.247 e. The van der Waals surface area contributed by atoms with Crippen LogP contribution >= 0.6 is 15.9 Å². The van der Waals surface area contributed by atoms with Crippen LogP contribution in [0.4, 0.5) is 8.78 Å². The number of benzene rings is 1. The van der Waals surface area contributed by atoms with E-state index in [1.54, 1.807) is 7.05 Å². The first kappa shape index (κ1) is 15.8. The van der Waals surface area contributed by atoms with E-state index in [1.807, 2.05) is 0 Å². The summed E-state index contributed by atoms with van der Waals surface area (Å²) in [4.78, 5) is -0.498. The molecular weight excluding hydrogens is 354 g/mol. The molecule has 112 valence electrons. The van der Waals surface area contributed by atoms with Crippen molar-refractivity contribution in [2.24, 2.45) is 0 Å². The molecule has 2 rings (SSSR count). The van der Waals surface area contributed by atoms with Gasteiger partial charge >= 0.3 is 0 Å². The van der Waals surface area contributed by atoms with E-state index in [-0.39, 0.29) is 10.5 Å². The van der Waals surface area contributed by atoms with E-state index >= 15 is 0 Å². The van der Waals surface area contributed by atoms with Crippen LogP contribution in [0.3, 0.4) is 0 Å². The Morgan fingerprint density at radius 3 is 2.75 bits per heavy atom. The molecule has 1 N–H and O–H groups in total. The Kier molecular flexibility index (Phi) is 4.78. The van der Waals surface area contributed by atoms with Crippen molar-refractivity contribution in [2.45, 2.75) is 23.8 Å². The fourth-order valence-corrected chi connectivity index (χ4v) is 5.27. The number of nitrogens with zero attached hydrogens (tertiary/aromatic N) is 1. The fraction of sp³-hybridized carbons (Fsp3) is 0.500. The van der Waals surface area contributed by atoms with E-state index < -0.39 is 26.6 Å². The van der Waals surface area contributed by atoms with Gasteiger partial charge in [-0.3, -0.25) is 0 Å². The molecule has 0 saturated carbocycles. The summed E-state index contributed by atoms with van der Waals surface area (Å²) in [6.07, 6.45) is 1.45. The van der Waals surface area contributed by atoms with Crippen molar-refractivity contribution in [3.63, 3.8) is 0 Å². The highest BCUT2D eigenvalue weighted by molar-refractivity contribution is 9.10. The molecule has 4 nitrogen and oxygen atoms in total. The van der Waals surface area contributed by atoms with E-state index in [4.69, 9.17) is 0 Å². The molecule has 0 radical (unpaired) electrons. The average molecular weight is 369 g/mol. The van der Waals surface area contributed by atoms with Crippen molar-refractivity contribution in [3.05, 3.63) is 28.2 Å². The summed E-state index contributed by atoms with van der Waals surface area (Å²) in [6, 6.07) is 1.33. The molecular formula is C12H15BrF2N2O2S. The summed E-state index contributed by atoms with van der Waals surface area (Å²) in [6.45, 7) is 0.845. The van der Waals surface area contributed by atoms with Crippen molar-refractivity contribution in [3.8, 4) is 0 Å². The molecule has 1 fully saturated rings. The largest absolute Gasteiger partial charge is 0.318 e. The number of halogens is 3. The van der Waals surface area contributed by atoms with Crippen LogP contribution in [-0.4, -0.2) is 38.9 Å². The molecule has 0 bridgehead atoms. The van der Waals surface area contributed by atoms with E-state index in [0.29, 0.717) is 19.2 Å². The lowest BCUT2D eigenvalue weighted by atomic mass is 10.2. The van der Waals surface area contributed by atoms with Gasteiger partial charge in [-0.15, -0.1) is 0 Å². The Bertz CT molecular complexity index is 586. The molecule has 1 saturated heterocycles. The normalized spacial score (nSPS) is 20.5. The molecule has 0 amide bonds. The molecule has 1 aromatic rings. The first-order valence-corrected chi connectivity index (χ1v) is 8.42. The lowest BCUT2D eigenvalue weighted by molar-refractivity contribution is 0.376. The number of rotatable bonds is 4. The second kappa shape index (κ2) is 6.05. The number of likely N-dealkylation sites (N-methyl/N-ethyl adjacent to an activating group) is 1. The van der Waals surface area contributed by atoms with Crippen molar-refractivity contribution < 1.29 is 17.2 Å². The minimum absolute atomic E-state index is 0.0925. The molecule has 1 aliphatic rings. The molecule has 1 aromatic carbocycles. The summed E-state index contributed by atoms with van der Waals surface area (Å²) < 4.78 is 53.3. The van der Waals surface area contributed by atoms with Gasteiger partial charge in [-0.1, -0.05) is 0 Å². The van der Waals surface area contributed by atoms with Crippen LogP contribution in [0.1, 0.15) is 12.8 Å². The quantitative estimate of drug-likeness (QED) is 0.885. The summed E-state index contributed by atoms with van der Waals surface area (Å²) in [5.74, 6) is -1.89. The molecule has 1 aliphatic heterocycles. The van der Waals surface area contributed by atoms with Crippen molar-refractivity contribution in [1.82, 2.24) is 9.62 Å². The number of sulfonamides is 1. The number of nitrogens with one attached hydrogen (secondary N) is 1. The molecule has 0 aliphatic carbocycles. The van der Waals surface area contributed by atoms with Crippen LogP contribution in [0, 0.1) is 11.6 Å². The zero-order valence-corrected chi connectivity index (χ0v) is 13.3. The fourth-order valence-electron chi connectivity index (χ4n) is 2.46. The predicted octanol–water partition coefficient (Wildman–Crippen LogP) is 2.10. The topological polar surface area (TPSA) is 49.4 Å².